The van der Waals surface area contributed by atoms with Crippen LogP contribution >= 0.6 is 0 Å². The Morgan fingerprint density at radius 1 is 1.14 bits per heavy atom. The van der Waals surface area contributed by atoms with Gasteiger partial charge >= 0.3 is 0 Å². The molecule has 0 spiro atoms. The van der Waals surface area contributed by atoms with Gasteiger partial charge in [0.2, 0.25) is 0 Å². The first-order valence-corrected chi connectivity index (χ1v) is 6.79. The van der Waals surface area contributed by atoms with Gasteiger partial charge in [-0.15, -0.1) is 0 Å². The SMILES string of the molecule is O=C(Nc1ccc(F)cc1)c1ccccc1NCC(O)CO. The van der Waals surface area contributed by atoms with E-state index >= 15 is 0 Å². The van der Waals surface area contributed by atoms with Crippen LogP contribution in [0.1, 0.15) is 10.4 Å². The molecule has 0 aliphatic carbocycles. The molecule has 6 heteroatoms. The Balaban J connectivity index is 2.10. The zero-order chi connectivity index (χ0) is 15.9. The van der Waals surface area contributed by atoms with Crippen molar-refractivity contribution in [2.75, 3.05) is 23.8 Å². The number of halogens is 1. The van der Waals surface area contributed by atoms with Crippen molar-refractivity contribution < 1.29 is 19.4 Å². The Kier molecular flexibility index (Phi) is 5.46. The maximum atomic E-state index is 12.9. The second-order valence-electron chi connectivity index (χ2n) is 4.72. The lowest BCUT2D eigenvalue weighted by atomic mass is 10.1. The molecular weight excluding hydrogens is 287 g/mol. The van der Waals surface area contributed by atoms with E-state index in [0.29, 0.717) is 16.9 Å². The Morgan fingerprint density at radius 3 is 2.50 bits per heavy atom. The maximum Gasteiger partial charge on any atom is 0.257 e. The van der Waals surface area contributed by atoms with Gasteiger partial charge in [-0.25, -0.2) is 4.39 Å². The second-order valence-corrected chi connectivity index (χ2v) is 4.72. The first-order valence-electron chi connectivity index (χ1n) is 6.79. The van der Waals surface area contributed by atoms with Crippen LogP contribution < -0.4 is 10.6 Å². The number of para-hydroxylation sites is 1. The molecule has 0 bridgehead atoms. The van der Waals surface area contributed by atoms with Gasteiger partial charge < -0.3 is 20.8 Å². The van der Waals surface area contributed by atoms with Crippen LogP contribution in [0.25, 0.3) is 0 Å². The van der Waals surface area contributed by atoms with Crippen LogP contribution in [-0.4, -0.2) is 35.4 Å². The lowest BCUT2D eigenvalue weighted by Gasteiger charge is -2.14. The molecule has 0 aliphatic rings. The molecule has 4 N–H and O–H groups in total. The van der Waals surface area contributed by atoms with Crippen molar-refractivity contribution in [3.63, 3.8) is 0 Å². The minimum atomic E-state index is -0.909. The van der Waals surface area contributed by atoms with Crippen LogP contribution in [0.5, 0.6) is 0 Å². The van der Waals surface area contributed by atoms with Crippen LogP contribution in [0.2, 0.25) is 0 Å². The van der Waals surface area contributed by atoms with Crippen LogP contribution in [0.3, 0.4) is 0 Å². The molecule has 0 aliphatic heterocycles. The van der Waals surface area contributed by atoms with Gasteiger partial charge in [-0.3, -0.25) is 4.79 Å². The third-order valence-corrected chi connectivity index (χ3v) is 3.01. The van der Waals surface area contributed by atoms with E-state index < -0.39 is 6.10 Å². The number of rotatable bonds is 6. The third kappa shape index (κ3) is 4.28. The van der Waals surface area contributed by atoms with E-state index in [2.05, 4.69) is 10.6 Å². The summed E-state index contributed by atoms with van der Waals surface area (Å²) in [5.41, 5.74) is 1.41. The number of carbonyl (C=O) groups excluding carboxylic acids is 1. The molecule has 0 heterocycles. The molecule has 1 atom stereocenters. The number of aliphatic hydroxyl groups excluding tert-OH is 2. The van der Waals surface area contributed by atoms with Gasteiger partial charge in [0.1, 0.15) is 5.82 Å². The van der Waals surface area contributed by atoms with Crippen LogP contribution in [-0.2, 0) is 0 Å². The highest BCUT2D eigenvalue weighted by molar-refractivity contribution is 6.08. The maximum absolute atomic E-state index is 12.9. The van der Waals surface area contributed by atoms with Crippen LogP contribution in [0.4, 0.5) is 15.8 Å². The number of carbonyl (C=O) groups is 1. The van der Waals surface area contributed by atoms with Gasteiger partial charge in [0, 0.05) is 17.9 Å². The molecule has 1 unspecified atom stereocenters. The fraction of sp³-hybridized carbons (Fsp3) is 0.188. The quantitative estimate of drug-likeness (QED) is 0.656. The number of amides is 1. The van der Waals surface area contributed by atoms with E-state index in [9.17, 15) is 14.3 Å². The fourth-order valence-electron chi connectivity index (χ4n) is 1.86. The summed E-state index contributed by atoms with van der Waals surface area (Å²) in [5, 5.41) is 23.7. The number of hydrogen-bond donors (Lipinski definition) is 4. The first kappa shape index (κ1) is 15.9. The van der Waals surface area contributed by atoms with Crippen molar-refractivity contribution >= 4 is 17.3 Å². The van der Waals surface area contributed by atoms with Crippen LogP contribution in [0, 0.1) is 5.82 Å². The summed E-state index contributed by atoms with van der Waals surface area (Å²) in [4.78, 5) is 12.3. The highest BCUT2D eigenvalue weighted by Gasteiger charge is 2.12. The average molecular weight is 304 g/mol. The van der Waals surface area contributed by atoms with E-state index in [1.54, 1.807) is 24.3 Å². The Labute approximate surface area is 127 Å². The minimum absolute atomic E-state index is 0.122. The van der Waals surface area contributed by atoms with Crippen molar-refractivity contribution in [1.82, 2.24) is 0 Å². The Morgan fingerprint density at radius 2 is 1.82 bits per heavy atom. The largest absolute Gasteiger partial charge is 0.394 e. The van der Waals surface area contributed by atoms with E-state index in [1.807, 2.05) is 0 Å². The Hall–Kier alpha value is -2.44. The summed E-state index contributed by atoms with van der Waals surface area (Å²) in [5.74, 6) is -0.730. The summed E-state index contributed by atoms with van der Waals surface area (Å²) >= 11 is 0. The van der Waals surface area contributed by atoms with Gasteiger partial charge in [0.05, 0.1) is 18.3 Å². The molecule has 0 radical (unpaired) electrons. The minimum Gasteiger partial charge on any atom is -0.394 e. The fourth-order valence-corrected chi connectivity index (χ4v) is 1.86. The molecule has 2 aromatic carbocycles. The van der Waals surface area contributed by atoms with Crippen molar-refractivity contribution in [3.8, 4) is 0 Å². The van der Waals surface area contributed by atoms with Gasteiger partial charge in [0.15, 0.2) is 0 Å². The average Bonchev–Trinajstić information content (AvgIpc) is 2.55. The van der Waals surface area contributed by atoms with E-state index in [0.717, 1.165) is 0 Å². The summed E-state index contributed by atoms with van der Waals surface area (Å²) in [7, 11) is 0. The number of nitrogens with one attached hydrogen (secondary N) is 2. The summed E-state index contributed by atoms with van der Waals surface area (Å²) in [6.07, 6.45) is -0.909. The highest BCUT2D eigenvalue weighted by Crippen LogP contribution is 2.17. The monoisotopic (exact) mass is 304 g/mol. The second kappa shape index (κ2) is 7.53. The molecule has 0 fully saturated rings. The van der Waals surface area contributed by atoms with E-state index in [-0.39, 0.29) is 24.9 Å². The predicted molar refractivity (Wildman–Crippen MR) is 82.4 cm³/mol. The van der Waals surface area contributed by atoms with Crippen molar-refractivity contribution in [1.29, 1.82) is 0 Å². The zero-order valence-electron chi connectivity index (χ0n) is 11.8. The van der Waals surface area contributed by atoms with Crippen molar-refractivity contribution in [2.45, 2.75) is 6.10 Å². The normalized spacial score (nSPS) is 11.8. The summed E-state index contributed by atoms with van der Waals surface area (Å²) in [6.45, 7) is -0.242. The lowest BCUT2D eigenvalue weighted by molar-refractivity contribution is 0.102. The molecule has 2 rings (SSSR count). The first-order chi connectivity index (χ1) is 10.6. The molecule has 0 saturated heterocycles. The topological polar surface area (TPSA) is 81.6 Å². The molecule has 5 nitrogen and oxygen atoms in total. The van der Waals surface area contributed by atoms with E-state index in [1.165, 1.54) is 24.3 Å². The number of benzene rings is 2. The summed E-state index contributed by atoms with van der Waals surface area (Å²) in [6, 6.07) is 12.3. The Bertz CT molecular complexity index is 632. The molecule has 0 aromatic heterocycles. The standard InChI is InChI=1S/C16H17FN2O3/c17-11-5-7-12(8-6-11)19-16(22)14-3-1-2-4-15(14)18-9-13(21)10-20/h1-8,13,18,20-21H,9-10H2,(H,19,22). The summed E-state index contributed by atoms with van der Waals surface area (Å²) < 4.78 is 12.9. The van der Waals surface area contributed by atoms with Gasteiger partial charge in [0.25, 0.3) is 5.91 Å². The number of anilines is 2. The smallest absolute Gasteiger partial charge is 0.257 e. The molecule has 22 heavy (non-hydrogen) atoms. The van der Waals surface area contributed by atoms with Crippen molar-refractivity contribution in [2.24, 2.45) is 0 Å². The molecule has 116 valence electrons. The van der Waals surface area contributed by atoms with Gasteiger partial charge in [-0.1, -0.05) is 12.1 Å². The highest BCUT2D eigenvalue weighted by atomic mass is 19.1. The predicted octanol–water partition coefficient (Wildman–Crippen LogP) is 1.84. The molecular formula is C16H17FN2O3. The molecule has 2 aromatic rings. The molecule has 1 amide bonds. The third-order valence-electron chi connectivity index (χ3n) is 3.01. The van der Waals surface area contributed by atoms with Crippen molar-refractivity contribution in [3.05, 3.63) is 59.9 Å². The van der Waals surface area contributed by atoms with Gasteiger partial charge in [-0.2, -0.15) is 0 Å². The van der Waals surface area contributed by atoms with Gasteiger partial charge in [-0.05, 0) is 36.4 Å². The zero-order valence-corrected chi connectivity index (χ0v) is 11.8. The van der Waals surface area contributed by atoms with E-state index in [4.69, 9.17) is 5.11 Å². The number of hydrogen-bond acceptors (Lipinski definition) is 4. The molecule has 0 saturated carbocycles. The lowest BCUT2D eigenvalue weighted by Crippen LogP contribution is -2.24. The number of aliphatic hydroxyl groups is 2. The van der Waals surface area contributed by atoms with Crippen LogP contribution in [0.15, 0.2) is 48.5 Å².